The minimum Gasteiger partial charge on any atom is -0.481 e. The lowest BCUT2D eigenvalue weighted by Gasteiger charge is -2.31. The first kappa shape index (κ1) is 17.9. The standard InChI is InChI=1S/C17H26N2O3S/c1-16(2,3)14(12-6-5-9-23-12)18-13(20)10-19-8-7-17(4,11-19)15(21)22/h5-6,9,14H,7-8,10-11H2,1-4H3,(H,18,20)(H,21,22). The molecule has 1 aliphatic heterocycles. The molecule has 128 valence electrons. The molecule has 6 heteroatoms. The molecule has 2 rings (SSSR count). The smallest absolute Gasteiger partial charge is 0.310 e. The van der Waals surface area contributed by atoms with Gasteiger partial charge in [-0.2, -0.15) is 0 Å². The average molecular weight is 338 g/mol. The summed E-state index contributed by atoms with van der Waals surface area (Å²) in [5.74, 6) is -0.834. The van der Waals surface area contributed by atoms with Gasteiger partial charge < -0.3 is 10.4 Å². The number of carbonyl (C=O) groups excluding carboxylic acids is 1. The maximum Gasteiger partial charge on any atom is 0.310 e. The molecule has 2 atom stereocenters. The van der Waals surface area contributed by atoms with E-state index in [0.717, 1.165) is 4.88 Å². The summed E-state index contributed by atoms with van der Waals surface area (Å²) < 4.78 is 0. The molecule has 0 bridgehead atoms. The molecule has 0 spiro atoms. The van der Waals surface area contributed by atoms with Crippen LogP contribution in [0.2, 0.25) is 0 Å². The SMILES string of the molecule is CC1(C(=O)O)CCN(CC(=O)NC(c2cccs2)C(C)(C)C)C1. The first-order chi connectivity index (χ1) is 10.6. The zero-order valence-electron chi connectivity index (χ0n) is 14.3. The number of aliphatic carboxylic acids is 1. The lowest BCUT2D eigenvalue weighted by Crippen LogP contribution is -2.42. The van der Waals surface area contributed by atoms with E-state index in [9.17, 15) is 14.7 Å². The second-order valence-electron chi connectivity index (χ2n) is 7.71. The highest BCUT2D eigenvalue weighted by atomic mass is 32.1. The minimum atomic E-state index is -0.786. The number of carboxylic acid groups (broad SMARTS) is 1. The molecule has 0 radical (unpaired) electrons. The van der Waals surface area contributed by atoms with Crippen molar-refractivity contribution in [1.82, 2.24) is 10.2 Å². The third-order valence-electron chi connectivity index (χ3n) is 4.43. The lowest BCUT2D eigenvalue weighted by molar-refractivity contribution is -0.147. The second-order valence-corrected chi connectivity index (χ2v) is 8.69. The fourth-order valence-electron chi connectivity index (χ4n) is 2.95. The van der Waals surface area contributed by atoms with Crippen molar-refractivity contribution >= 4 is 23.2 Å². The van der Waals surface area contributed by atoms with Crippen LogP contribution in [-0.2, 0) is 9.59 Å². The molecule has 0 aromatic carbocycles. The van der Waals surface area contributed by atoms with Gasteiger partial charge in [-0.3, -0.25) is 14.5 Å². The molecule has 1 saturated heterocycles. The molecule has 1 aliphatic rings. The van der Waals surface area contributed by atoms with E-state index in [1.165, 1.54) is 0 Å². The summed E-state index contributed by atoms with van der Waals surface area (Å²) in [6, 6.07) is 3.99. The van der Waals surface area contributed by atoms with E-state index in [4.69, 9.17) is 0 Å². The van der Waals surface area contributed by atoms with E-state index < -0.39 is 11.4 Å². The Morgan fingerprint density at radius 1 is 1.48 bits per heavy atom. The van der Waals surface area contributed by atoms with Crippen LogP contribution in [0.1, 0.15) is 45.0 Å². The Kier molecular flexibility index (Phi) is 5.16. The van der Waals surface area contributed by atoms with Gasteiger partial charge in [0.25, 0.3) is 0 Å². The van der Waals surface area contributed by atoms with Crippen LogP contribution in [0.4, 0.5) is 0 Å². The molecule has 1 fully saturated rings. The van der Waals surface area contributed by atoms with Gasteiger partial charge in [-0.15, -0.1) is 11.3 Å². The fourth-order valence-corrected chi connectivity index (χ4v) is 3.97. The number of carbonyl (C=O) groups is 2. The van der Waals surface area contributed by atoms with Crippen molar-refractivity contribution < 1.29 is 14.7 Å². The number of likely N-dealkylation sites (tertiary alicyclic amines) is 1. The van der Waals surface area contributed by atoms with E-state index >= 15 is 0 Å². The van der Waals surface area contributed by atoms with Crippen molar-refractivity contribution in [3.63, 3.8) is 0 Å². The number of nitrogens with one attached hydrogen (secondary N) is 1. The zero-order valence-corrected chi connectivity index (χ0v) is 15.1. The van der Waals surface area contributed by atoms with E-state index in [0.29, 0.717) is 19.5 Å². The van der Waals surface area contributed by atoms with Gasteiger partial charge in [0.05, 0.1) is 18.0 Å². The van der Waals surface area contributed by atoms with Gasteiger partial charge in [0, 0.05) is 11.4 Å². The van der Waals surface area contributed by atoms with Gasteiger partial charge >= 0.3 is 5.97 Å². The number of thiophene rings is 1. The van der Waals surface area contributed by atoms with E-state index in [2.05, 4.69) is 26.1 Å². The molecule has 2 heterocycles. The maximum atomic E-state index is 12.4. The summed E-state index contributed by atoms with van der Waals surface area (Å²) in [5.41, 5.74) is -0.821. The van der Waals surface area contributed by atoms with E-state index in [-0.39, 0.29) is 23.9 Å². The van der Waals surface area contributed by atoms with Crippen molar-refractivity contribution in [3.05, 3.63) is 22.4 Å². The van der Waals surface area contributed by atoms with Gasteiger partial charge in [0.2, 0.25) is 5.91 Å². The van der Waals surface area contributed by atoms with Crippen molar-refractivity contribution in [2.45, 2.75) is 40.2 Å². The number of nitrogens with zero attached hydrogens (tertiary/aromatic N) is 1. The normalized spacial score (nSPS) is 23.7. The molecular weight excluding hydrogens is 312 g/mol. The Labute approximate surface area is 141 Å². The third kappa shape index (κ3) is 4.32. The molecule has 23 heavy (non-hydrogen) atoms. The van der Waals surface area contributed by atoms with Crippen LogP contribution in [0.25, 0.3) is 0 Å². The summed E-state index contributed by atoms with van der Waals surface area (Å²) in [5, 5.41) is 14.4. The number of rotatable bonds is 5. The monoisotopic (exact) mass is 338 g/mol. The van der Waals surface area contributed by atoms with Gasteiger partial charge in [-0.05, 0) is 36.8 Å². The van der Waals surface area contributed by atoms with Crippen LogP contribution in [0.15, 0.2) is 17.5 Å². The fraction of sp³-hybridized carbons (Fsp3) is 0.647. The molecule has 2 unspecified atom stereocenters. The first-order valence-corrected chi connectivity index (χ1v) is 8.78. The Bertz CT molecular complexity index is 565. The summed E-state index contributed by atoms with van der Waals surface area (Å²) in [6.45, 7) is 9.39. The van der Waals surface area contributed by atoms with E-state index in [1.54, 1.807) is 18.3 Å². The highest BCUT2D eigenvalue weighted by Crippen LogP contribution is 2.35. The van der Waals surface area contributed by atoms with Crippen LogP contribution < -0.4 is 5.32 Å². The predicted octanol–water partition coefficient (Wildman–Crippen LogP) is 2.75. The summed E-state index contributed by atoms with van der Waals surface area (Å²) >= 11 is 1.64. The first-order valence-electron chi connectivity index (χ1n) is 7.90. The number of amides is 1. The van der Waals surface area contributed by atoms with Gasteiger partial charge in [-0.25, -0.2) is 0 Å². The minimum absolute atomic E-state index is 0.0385. The molecule has 0 aliphatic carbocycles. The largest absolute Gasteiger partial charge is 0.481 e. The Balaban J connectivity index is 1.97. The van der Waals surface area contributed by atoms with Crippen molar-refractivity contribution in [2.24, 2.45) is 10.8 Å². The summed E-state index contributed by atoms with van der Waals surface area (Å²) in [6.07, 6.45) is 0.587. The maximum absolute atomic E-state index is 12.4. The van der Waals surface area contributed by atoms with Gasteiger partial charge in [0.1, 0.15) is 0 Å². The van der Waals surface area contributed by atoms with Crippen LogP contribution >= 0.6 is 11.3 Å². The molecule has 2 N–H and O–H groups in total. The zero-order chi connectivity index (χ0) is 17.3. The Hall–Kier alpha value is -1.40. The van der Waals surface area contributed by atoms with Crippen molar-refractivity contribution in [1.29, 1.82) is 0 Å². The van der Waals surface area contributed by atoms with Crippen molar-refractivity contribution in [3.8, 4) is 0 Å². The Morgan fingerprint density at radius 2 is 2.17 bits per heavy atom. The lowest BCUT2D eigenvalue weighted by atomic mass is 9.85. The van der Waals surface area contributed by atoms with Crippen LogP contribution in [0, 0.1) is 10.8 Å². The van der Waals surface area contributed by atoms with Crippen LogP contribution in [-0.4, -0.2) is 41.5 Å². The molecule has 5 nitrogen and oxygen atoms in total. The molecule has 1 amide bonds. The summed E-state index contributed by atoms with van der Waals surface area (Å²) in [7, 11) is 0. The van der Waals surface area contributed by atoms with E-state index in [1.807, 2.05) is 22.4 Å². The van der Waals surface area contributed by atoms with Gasteiger partial charge in [0.15, 0.2) is 0 Å². The highest BCUT2D eigenvalue weighted by Gasteiger charge is 2.41. The highest BCUT2D eigenvalue weighted by molar-refractivity contribution is 7.10. The molecule has 0 saturated carbocycles. The van der Waals surface area contributed by atoms with Crippen LogP contribution in [0.3, 0.4) is 0 Å². The van der Waals surface area contributed by atoms with Crippen LogP contribution in [0.5, 0.6) is 0 Å². The topological polar surface area (TPSA) is 69.6 Å². The quantitative estimate of drug-likeness (QED) is 0.866. The summed E-state index contributed by atoms with van der Waals surface area (Å²) in [4.78, 5) is 26.8. The van der Waals surface area contributed by atoms with Crippen molar-refractivity contribution in [2.75, 3.05) is 19.6 Å². The molecular formula is C17H26N2O3S. The van der Waals surface area contributed by atoms with Gasteiger partial charge in [-0.1, -0.05) is 26.8 Å². The number of hydrogen-bond donors (Lipinski definition) is 2. The average Bonchev–Trinajstić information content (AvgIpc) is 3.05. The number of carboxylic acids is 1. The molecule has 1 aromatic heterocycles. The second kappa shape index (κ2) is 6.61. The number of hydrogen-bond acceptors (Lipinski definition) is 4. The predicted molar refractivity (Wildman–Crippen MR) is 91.5 cm³/mol. The third-order valence-corrected chi connectivity index (χ3v) is 5.37. The molecule has 1 aromatic rings. The Morgan fingerprint density at radius 3 is 2.65 bits per heavy atom.